The summed E-state index contributed by atoms with van der Waals surface area (Å²) in [5, 5.41) is 7.11. The van der Waals surface area contributed by atoms with Gasteiger partial charge in [0.1, 0.15) is 21.4 Å². The molecule has 2 amide bonds. The summed E-state index contributed by atoms with van der Waals surface area (Å²) in [7, 11) is 0. The Kier molecular flexibility index (Phi) is 5.12. The molecule has 4 aromatic rings. The first-order valence-electron chi connectivity index (χ1n) is 8.54. The van der Waals surface area contributed by atoms with Crippen molar-refractivity contribution in [2.24, 2.45) is 0 Å². The lowest BCUT2D eigenvalue weighted by atomic mass is 10.1. The van der Waals surface area contributed by atoms with Crippen molar-refractivity contribution in [2.45, 2.75) is 0 Å². The summed E-state index contributed by atoms with van der Waals surface area (Å²) in [5.74, 6) is -1.52. The number of aromatic amines is 1. The lowest BCUT2D eigenvalue weighted by Gasteiger charge is -2.04. The van der Waals surface area contributed by atoms with Crippen molar-refractivity contribution < 1.29 is 14.0 Å². The van der Waals surface area contributed by atoms with Crippen molar-refractivity contribution in [3.8, 4) is 21.8 Å². The maximum Gasteiger partial charge on any atom is 0.287 e. The Hall–Kier alpha value is -3.85. The molecule has 0 radical (unpaired) electrons. The summed E-state index contributed by atoms with van der Waals surface area (Å²) < 4.78 is 13.9. The molecular formula is C20H14FN5O2S. The summed E-state index contributed by atoms with van der Waals surface area (Å²) in [5.41, 5.74) is 6.61. The number of hydrogen-bond acceptors (Lipinski definition) is 5. The second-order valence-electron chi connectivity index (χ2n) is 5.95. The van der Waals surface area contributed by atoms with Crippen molar-refractivity contribution >= 4 is 23.2 Å². The van der Waals surface area contributed by atoms with Gasteiger partial charge in [-0.1, -0.05) is 42.5 Å². The van der Waals surface area contributed by atoms with E-state index in [4.69, 9.17) is 0 Å². The molecule has 2 aromatic heterocycles. The lowest BCUT2D eigenvalue weighted by molar-refractivity contribution is 0.0846. The molecule has 0 spiro atoms. The molecule has 0 aliphatic rings. The van der Waals surface area contributed by atoms with Gasteiger partial charge in [0, 0.05) is 11.1 Å². The number of H-pyrrole nitrogens is 1. The highest BCUT2D eigenvalue weighted by Gasteiger charge is 2.16. The Balaban J connectivity index is 1.39. The molecule has 0 bridgehead atoms. The Morgan fingerprint density at radius 1 is 0.966 bits per heavy atom. The van der Waals surface area contributed by atoms with Crippen molar-refractivity contribution in [1.82, 2.24) is 26.0 Å². The van der Waals surface area contributed by atoms with E-state index in [1.54, 1.807) is 24.3 Å². The minimum Gasteiger partial charge on any atom is -0.272 e. The molecule has 2 aromatic carbocycles. The highest BCUT2D eigenvalue weighted by molar-refractivity contribution is 7.16. The van der Waals surface area contributed by atoms with E-state index in [1.165, 1.54) is 12.3 Å². The van der Waals surface area contributed by atoms with Gasteiger partial charge >= 0.3 is 0 Å². The van der Waals surface area contributed by atoms with Crippen LogP contribution in [0.15, 0.2) is 66.9 Å². The first-order valence-corrected chi connectivity index (χ1v) is 9.36. The van der Waals surface area contributed by atoms with Gasteiger partial charge in [-0.25, -0.2) is 9.37 Å². The third kappa shape index (κ3) is 4.04. The third-order valence-corrected chi connectivity index (χ3v) is 5.04. The Morgan fingerprint density at radius 3 is 2.48 bits per heavy atom. The van der Waals surface area contributed by atoms with E-state index >= 15 is 0 Å². The van der Waals surface area contributed by atoms with Crippen molar-refractivity contribution in [3.63, 3.8) is 0 Å². The fraction of sp³-hybridized carbons (Fsp3) is 0. The van der Waals surface area contributed by atoms with Gasteiger partial charge in [0.15, 0.2) is 0 Å². The predicted octanol–water partition coefficient (Wildman–Crippen LogP) is 3.41. The summed E-state index contributed by atoms with van der Waals surface area (Å²) >= 11 is 1.02. The molecule has 29 heavy (non-hydrogen) atoms. The van der Waals surface area contributed by atoms with Gasteiger partial charge in [-0.2, -0.15) is 5.10 Å². The number of halogens is 1. The van der Waals surface area contributed by atoms with Gasteiger partial charge in [0.05, 0.1) is 11.9 Å². The first-order chi connectivity index (χ1) is 14.1. The second-order valence-corrected chi connectivity index (χ2v) is 6.98. The molecule has 0 fully saturated rings. The Labute approximate surface area is 168 Å². The highest BCUT2D eigenvalue weighted by atomic mass is 32.1. The number of carbonyl (C=O) groups is 2. The molecule has 0 aliphatic heterocycles. The SMILES string of the molecule is O=C(NNC(=O)c1cnc(-c2ccccc2F)s1)c1cc(-c2ccccc2)n[nH]1. The molecular weight excluding hydrogens is 393 g/mol. The zero-order valence-electron chi connectivity index (χ0n) is 14.8. The number of thiazole rings is 1. The summed E-state index contributed by atoms with van der Waals surface area (Å²) in [4.78, 5) is 28.8. The second kappa shape index (κ2) is 8.03. The largest absolute Gasteiger partial charge is 0.287 e. The van der Waals surface area contributed by atoms with Gasteiger partial charge in [0.2, 0.25) is 0 Å². The van der Waals surface area contributed by atoms with E-state index < -0.39 is 17.6 Å². The summed E-state index contributed by atoms with van der Waals surface area (Å²) in [6.45, 7) is 0. The molecule has 0 atom stereocenters. The van der Waals surface area contributed by atoms with Crippen LogP contribution in [0.1, 0.15) is 20.2 Å². The average molecular weight is 407 g/mol. The Bertz CT molecular complexity index is 1170. The molecule has 7 nitrogen and oxygen atoms in total. The minimum atomic E-state index is -0.554. The van der Waals surface area contributed by atoms with Gasteiger partial charge in [-0.15, -0.1) is 11.3 Å². The molecule has 3 N–H and O–H groups in total. The fourth-order valence-corrected chi connectivity index (χ4v) is 3.41. The zero-order chi connectivity index (χ0) is 20.2. The van der Waals surface area contributed by atoms with E-state index in [2.05, 4.69) is 26.0 Å². The molecule has 0 aliphatic carbocycles. The van der Waals surface area contributed by atoms with Crippen LogP contribution in [-0.2, 0) is 0 Å². The minimum absolute atomic E-state index is 0.195. The molecule has 144 valence electrons. The van der Waals surface area contributed by atoms with Gasteiger partial charge in [-0.3, -0.25) is 25.5 Å². The van der Waals surface area contributed by atoms with Crippen LogP contribution in [0.2, 0.25) is 0 Å². The monoisotopic (exact) mass is 407 g/mol. The maximum atomic E-state index is 13.9. The van der Waals surface area contributed by atoms with Crippen molar-refractivity contribution in [3.05, 3.63) is 83.2 Å². The quantitative estimate of drug-likeness (QED) is 0.452. The van der Waals surface area contributed by atoms with E-state index in [0.29, 0.717) is 16.3 Å². The lowest BCUT2D eigenvalue weighted by Crippen LogP contribution is -2.41. The third-order valence-electron chi connectivity index (χ3n) is 4.02. The molecule has 0 saturated carbocycles. The van der Waals surface area contributed by atoms with Gasteiger partial charge < -0.3 is 0 Å². The molecule has 9 heteroatoms. The van der Waals surface area contributed by atoms with Gasteiger partial charge in [-0.05, 0) is 18.2 Å². The topological polar surface area (TPSA) is 99.8 Å². The number of aromatic nitrogens is 3. The number of rotatable bonds is 4. The maximum absolute atomic E-state index is 13.9. The molecule has 0 unspecified atom stereocenters. The average Bonchev–Trinajstić information content (AvgIpc) is 3.43. The fourth-order valence-electron chi connectivity index (χ4n) is 2.58. The number of nitrogens with one attached hydrogen (secondary N) is 3. The van der Waals surface area contributed by atoms with Crippen LogP contribution in [0, 0.1) is 5.82 Å². The van der Waals surface area contributed by atoms with Crippen LogP contribution in [0.5, 0.6) is 0 Å². The first kappa shape index (κ1) is 18.5. The van der Waals surface area contributed by atoms with E-state index in [9.17, 15) is 14.0 Å². The van der Waals surface area contributed by atoms with E-state index in [1.807, 2.05) is 30.3 Å². The normalized spacial score (nSPS) is 10.5. The van der Waals surface area contributed by atoms with Crippen LogP contribution >= 0.6 is 11.3 Å². The van der Waals surface area contributed by atoms with Crippen molar-refractivity contribution in [2.75, 3.05) is 0 Å². The van der Waals surface area contributed by atoms with Crippen LogP contribution in [0.3, 0.4) is 0 Å². The number of hydrazine groups is 1. The smallest absolute Gasteiger partial charge is 0.272 e. The van der Waals surface area contributed by atoms with E-state index in [-0.39, 0.29) is 10.6 Å². The van der Waals surface area contributed by atoms with Crippen LogP contribution in [-0.4, -0.2) is 27.0 Å². The predicted molar refractivity (Wildman–Crippen MR) is 106 cm³/mol. The molecule has 2 heterocycles. The number of nitrogens with zero attached hydrogens (tertiary/aromatic N) is 2. The van der Waals surface area contributed by atoms with Gasteiger partial charge in [0.25, 0.3) is 11.8 Å². The highest BCUT2D eigenvalue weighted by Crippen LogP contribution is 2.27. The standard InChI is InChI=1S/C20H14FN5O2S/c21-14-9-5-4-8-13(14)20-22-11-17(29-20)19(28)26-25-18(27)16-10-15(23-24-16)12-6-2-1-3-7-12/h1-11H,(H,23,24)(H,25,27)(H,26,28). The number of hydrogen-bond donors (Lipinski definition) is 3. The molecule has 0 saturated heterocycles. The van der Waals surface area contributed by atoms with Crippen LogP contribution in [0.4, 0.5) is 4.39 Å². The zero-order valence-corrected chi connectivity index (χ0v) is 15.7. The van der Waals surface area contributed by atoms with Crippen LogP contribution < -0.4 is 10.9 Å². The molecule has 4 rings (SSSR count). The summed E-state index contributed by atoms with van der Waals surface area (Å²) in [6, 6.07) is 17.1. The number of amides is 2. The number of carbonyl (C=O) groups excluding carboxylic acids is 2. The Morgan fingerprint density at radius 2 is 1.69 bits per heavy atom. The number of benzene rings is 2. The summed E-state index contributed by atoms with van der Waals surface area (Å²) in [6.07, 6.45) is 1.33. The van der Waals surface area contributed by atoms with Crippen molar-refractivity contribution in [1.29, 1.82) is 0 Å². The van der Waals surface area contributed by atoms with Crippen LogP contribution in [0.25, 0.3) is 21.8 Å². The van der Waals surface area contributed by atoms with E-state index in [0.717, 1.165) is 16.9 Å².